The molecule has 6 heteroatoms. The molecule has 0 aromatic carbocycles. The summed E-state index contributed by atoms with van der Waals surface area (Å²) in [6.07, 6.45) is 5.58. The van der Waals surface area contributed by atoms with Gasteiger partial charge in [0.05, 0.1) is 11.9 Å². The van der Waals surface area contributed by atoms with Crippen LogP contribution in [0.5, 0.6) is 0 Å². The van der Waals surface area contributed by atoms with Crippen molar-refractivity contribution >= 4 is 11.8 Å². The van der Waals surface area contributed by atoms with E-state index in [9.17, 15) is 0 Å². The molecule has 0 radical (unpaired) electrons. The molecule has 2 rings (SSSR count). The Morgan fingerprint density at radius 2 is 2.40 bits per heavy atom. The molecule has 2 atom stereocenters. The minimum absolute atomic E-state index is 0.243. The zero-order chi connectivity index (χ0) is 14.2. The van der Waals surface area contributed by atoms with E-state index >= 15 is 0 Å². The minimum atomic E-state index is 0.243. The van der Waals surface area contributed by atoms with Gasteiger partial charge < -0.3 is 14.6 Å². The molecule has 0 spiro atoms. The minimum Gasteiger partial charge on any atom is -0.383 e. The monoisotopic (exact) mass is 299 g/mol. The first-order valence-electron chi connectivity index (χ1n) is 7.50. The summed E-state index contributed by atoms with van der Waals surface area (Å²) in [5.74, 6) is 2.80. The van der Waals surface area contributed by atoms with Crippen LogP contribution in [0.25, 0.3) is 0 Å². The molecule has 1 aromatic rings. The Morgan fingerprint density at radius 1 is 1.50 bits per heavy atom. The van der Waals surface area contributed by atoms with Crippen LogP contribution in [-0.4, -0.2) is 42.2 Å². The van der Waals surface area contributed by atoms with Gasteiger partial charge in [0.1, 0.15) is 0 Å². The van der Waals surface area contributed by atoms with Crippen LogP contribution in [0.15, 0.2) is 4.52 Å². The molecule has 2 heterocycles. The third-order valence-corrected chi connectivity index (χ3v) is 4.80. The fourth-order valence-corrected chi connectivity index (χ4v) is 3.61. The van der Waals surface area contributed by atoms with Crippen LogP contribution in [0.1, 0.15) is 49.6 Å². The predicted octanol–water partition coefficient (Wildman–Crippen LogP) is 2.58. The van der Waals surface area contributed by atoms with Crippen molar-refractivity contribution in [3.05, 3.63) is 11.7 Å². The van der Waals surface area contributed by atoms with Gasteiger partial charge >= 0.3 is 0 Å². The standard InChI is InChI=1S/C14H25N3O2S/c1-3-7-15-11(10-18-2)9-13-16-14(17-19-13)12-6-4-5-8-20-12/h11-12,15H,3-10H2,1-2H3. The van der Waals surface area contributed by atoms with Crippen LogP contribution in [0.2, 0.25) is 0 Å². The number of methoxy groups -OCH3 is 1. The van der Waals surface area contributed by atoms with Gasteiger partial charge in [0.25, 0.3) is 0 Å². The number of hydrogen-bond acceptors (Lipinski definition) is 6. The molecule has 1 N–H and O–H groups in total. The number of hydrogen-bond donors (Lipinski definition) is 1. The van der Waals surface area contributed by atoms with Gasteiger partial charge in [-0.05, 0) is 31.6 Å². The Hall–Kier alpha value is -0.590. The van der Waals surface area contributed by atoms with Crippen molar-refractivity contribution in [3.63, 3.8) is 0 Å². The maximum Gasteiger partial charge on any atom is 0.228 e. The van der Waals surface area contributed by atoms with Gasteiger partial charge in [0.15, 0.2) is 5.82 Å². The fraction of sp³-hybridized carbons (Fsp3) is 0.857. The number of nitrogens with zero attached hydrogens (tertiary/aromatic N) is 2. The van der Waals surface area contributed by atoms with E-state index in [1.165, 1.54) is 25.0 Å². The highest BCUT2D eigenvalue weighted by Gasteiger charge is 2.22. The van der Waals surface area contributed by atoms with E-state index in [0.717, 1.165) is 31.1 Å². The van der Waals surface area contributed by atoms with Crippen LogP contribution >= 0.6 is 11.8 Å². The predicted molar refractivity (Wildman–Crippen MR) is 81.0 cm³/mol. The van der Waals surface area contributed by atoms with Gasteiger partial charge in [-0.2, -0.15) is 16.7 Å². The molecular weight excluding hydrogens is 274 g/mol. The van der Waals surface area contributed by atoms with E-state index in [1.54, 1.807) is 7.11 Å². The Kier molecular flexibility index (Phi) is 6.82. The molecule has 5 nitrogen and oxygen atoms in total. The Bertz CT molecular complexity index is 380. The highest BCUT2D eigenvalue weighted by molar-refractivity contribution is 7.99. The molecule has 0 saturated carbocycles. The average molecular weight is 299 g/mol. The zero-order valence-electron chi connectivity index (χ0n) is 12.4. The highest BCUT2D eigenvalue weighted by Crippen LogP contribution is 2.36. The van der Waals surface area contributed by atoms with E-state index in [1.807, 2.05) is 11.8 Å². The maximum atomic E-state index is 5.40. The lowest BCUT2D eigenvalue weighted by molar-refractivity contribution is 0.161. The number of nitrogens with one attached hydrogen (secondary N) is 1. The lowest BCUT2D eigenvalue weighted by atomic mass is 10.2. The summed E-state index contributed by atoms with van der Waals surface area (Å²) in [6, 6.07) is 0.243. The first-order valence-corrected chi connectivity index (χ1v) is 8.54. The SMILES string of the molecule is CCCNC(COC)Cc1nc(C2CCCCS2)no1. The Morgan fingerprint density at radius 3 is 3.10 bits per heavy atom. The molecule has 1 fully saturated rings. The van der Waals surface area contributed by atoms with Crippen LogP contribution < -0.4 is 5.32 Å². The van der Waals surface area contributed by atoms with Crippen molar-refractivity contribution in [2.24, 2.45) is 0 Å². The largest absolute Gasteiger partial charge is 0.383 e. The van der Waals surface area contributed by atoms with Crippen LogP contribution in [0.4, 0.5) is 0 Å². The molecule has 2 unspecified atom stereocenters. The summed E-state index contributed by atoms with van der Waals surface area (Å²) >= 11 is 1.95. The van der Waals surface area contributed by atoms with E-state index in [2.05, 4.69) is 22.4 Å². The first kappa shape index (κ1) is 15.8. The normalized spacial score (nSPS) is 21.0. The quantitative estimate of drug-likeness (QED) is 0.796. The summed E-state index contributed by atoms with van der Waals surface area (Å²) in [5, 5.41) is 8.03. The molecule has 0 bridgehead atoms. The third-order valence-electron chi connectivity index (χ3n) is 3.42. The summed E-state index contributed by atoms with van der Waals surface area (Å²) in [5.41, 5.74) is 0. The summed E-state index contributed by atoms with van der Waals surface area (Å²) in [7, 11) is 1.72. The first-order chi connectivity index (χ1) is 9.83. The van der Waals surface area contributed by atoms with Crippen molar-refractivity contribution in [2.45, 2.75) is 50.3 Å². The summed E-state index contributed by atoms with van der Waals surface area (Å²) in [6.45, 7) is 3.80. The van der Waals surface area contributed by atoms with Gasteiger partial charge in [0.2, 0.25) is 5.89 Å². The fourth-order valence-electron chi connectivity index (χ4n) is 2.38. The van der Waals surface area contributed by atoms with E-state index in [0.29, 0.717) is 11.9 Å². The van der Waals surface area contributed by atoms with Gasteiger partial charge in [0, 0.05) is 19.6 Å². The van der Waals surface area contributed by atoms with E-state index in [4.69, 9.17) is 9.26 Å². The summed E-state index contributed by atoms with van der Waals surface area (Å²) in [4.78, 5) is 4.57. The molecule has 0 amide bonds. The second-order valence-electron chi connectivity index (χ2n) is 5.21. The van der Waals surface area contributed by atoms with Gasteiger partial charge in [-0.15, -0.1) is 0 Å². The Balaban J connectivity index is 1.89. The Labute approximate surface area is 125 Å². The van der Waals surface area contributed by atoms with Gasteiger partial charge in [-0.3, -0.25) is 0 Å². The smallest absolute Gasteiger partial charge is 0.228 e. The van der Waals surface area contributed by atoms with Crippen molar-refractivity contribution in [2.75, 3.05) is 26.0 Å². The molecular formula is C14H25N3O2S. The average Bonchev–Trinajstić information content (AvgIpc) is 2.94. The molecule has 0 aliphatic carbocycles. The van der Waals surface area contributed by atoms with Gasteiger partial charge in [-0.1, -0.05) is 18.5 Å². The van der Waals surface area contributed by atoms with Crippen molar-refractivity contribution in [1.82, 2.24) is 15.5 Å². The number of ether oxygens (including phenoxy) is 1. The highest BCUT2D eigenvalue weighted by atomic mass is 32.2. The van der Waals surface area contributed by atoms with E-state index in [-0.39, 0.29) is 6.04 Å². The number of rotatable bonds is 8. The molecule has 1 aliphatic heterocycles. The van der Waals surface area contributed by atoms with Crippen LogP contribution in [0, 0.1) is 0 Å². The molecule has 20 heavy (non-hydrogen) atoms. The molecule has 1 aliphatic rings. The third kappa shape index (κ3) is 4.75. The summed E-state index contributed by atoms with van der Waals surface area (Å²) < 4.78 is 10.6. The van der Waals surface area contributed by atoms with Gasteiger partial charge in [-0.25, -0.2) is 0 Å². The van der Waals surface area contributed by atoms with Crippen molar-refractivity contribution in [3.8, 4) is 0 Å². The lowest BCUT2D eigenvalue weighted by Crippen LogP contribution is -2.35. The lowest BCUT2D eigenvalue weighted by Gasteiger charge is -2.17. The number of aromatic nitrogens is 2. The van der Waals surface area contributed by atoms with Crippen molar-refractivity contribution in [1.29, 1.82) is 0 Å². The zero-order valence-corrected chi connectivity index (χ0v) is 13.2. The maximum absolute atomic E-state index is 5.40. The number of thioether (sulfide) groups is 1. The second kappa shape index (κ2) is 8.64. The van der Waals surface area contributed by atoms with E-state index < -0.39 is 0 Å². The molecule has 1 aromatic heterocycles. The van der Waals surface area contributed by atoms with Crippen LogP contribution in [-0.2, 0) is 11.2 Å². The topological polar surface area (TPSA) is 60.2 Å². The van der Waals surface area contributed by atoms with Crippen molar-refractivity contribution < 1.29 is 9.26 Å². The molecule has 1 saturated heterocycles. The molecule has 114 valence electrons. The van der Waals surface area contributed by atoms with Crippen LogP contribution in [0.3, 0.4) is 0 Å². The second-order valence-corrected chi connectivity index (χ2v) is 6.52.